The van der Waals surface area contributed by atoms with Crippen LogP contribution in [0.4, 0.5) is 16.2 Å². The Kier molecular flexibility index (Phi) is 4.74. The number of methoxy groups -OCH3 is 2. The first-order chi connectivity index (χ1) is 12.1. The van der Waals surface area contributed by atoms with Crippen LogP contribution >= 0.6 is 0 Å². The summed E-state index contributed by atoms with van der Waals surface area (Å²) in [6, 6.07) is 12.0. The fourth-order valence-corrected chi connectivity index (χ4v) is 2.58. The third-order valence-electron chi connectivity index (χ3n) is 3.91. The van der Waals surface area contributed by atoms with Crippen molar-refractivity contribution < 1.29 is 19.1 Å². The molecule has 3 amide bonds. The minimum atomic E-state index is -0.274. The Morgan fingerprint density at radius 2 is 1.72 bits per heavy atom. The molecule has 0 aliphatic carbocycles. The van der Waals surface area contributed by atoms with E-state index in [1.54, 1.807) is 47.4 Å². The highest BCUT2D eigenvalue weighted by atomic mass is 16.5. The molecule has 1 saturated heterocycles. The fourth-order valence-electron chi connectivity index (χ4n) is 2.58. The number of nitrogens with one attached hydrogen (secondary N) is 2. The SMILES string of the molecule is COc1cc(OC)cc(C(=O)Nc2ccc(N3CCNC3=O)cc2)c1. The van der Waals surface area contributed by atoms with Gasteiger partial charge in [-0.15, -0.1) is 0 Å². The first kappa shape index (κ1) is 16.6. The van der Waals surface area contributed by atoms with E-state index in [0.717, 1.165) is 5.69 Å². The number of carbonyl (C=O) groups excluding carboxylic acids is 2. The second kappa shape index (κ2) is 7.12. The topological polar surface area (TPSA) is 79.9 Å². The zero-order chi connectivity index (χ0) is 17.8. The lowest BCUT2D eigenvalue weighted by Crippen LogP contribution is -2.27. The standard InChI is InChI=1S/C18H19N3O4/c1-24-15-9-12(10-16(11-15)25-2)17(22)20-13-3-5-14(6-4-13)21-8-7-19-18(21)23/h3-6,9-11H,7-8H2,1-2H3,(H,19,23)(H,20,22). The molecule has 1 aliphatic heterocycles. The average Bonchev–Trinajstić information content (AvgIpc) is 3.07. The van der Waals surface area contributed by atoms with Gasteiger partial charge >= 0.3 is 6.03 Å². The van der Waals surface area contributed by atoms with Gasteiger partial charge in [-0.05, 0) is 36.4 Å². The largest absolute Gasteiger partial charge is 0.497 e. The van der Waals surface area contributed by atoms with E-state index >= 15 is 0 Å². The molecule has 2 aromatic rings. The van der Waals surface area contributed by atoms with Crippen molar-refractivity contribution in [3.8, 4) is 11.5 Å². The zero-order valence-corrected chi connectivity index (χ0v) is 14.0. The Balaban J connectivity index is 1.74. The molecule has 25 heavy (non-hydrogen) atoms. The summed E-state index contributed by atoms with van der Waals surface area (Å²) in [6.07, 6.45) is 0. The molecule has 7 nitrogen and oxygen atoms in total. The number of benzene rings is 2. The summed E-state index contributed by atoms with van der Waals surface area (Å²) in [5.74, 6) is 0.809. The van der Waals surface area contributed by atoms with Crippen LogP contribution in [-0.2, 0) is 0 Å². The van der Waals surface area contributed by atoms with E-state index < -0.39 is 0 Å². The Hall–Kier alpha value is -3.22. The van der Waals surface area contributed by atoms with Gasteiger partial charge in [0, 0.05) is 36.1 Å². The lowest BCUT2D eigenvalue weighted by atomic mass is 10.1. The van der Waals surface area contributed by atoms with Crippen molar-refractivity contribution in [1.29, 1.82) is 0 Å². The number of ether oxygens (including phenoxy) is 2. The van der Waals surface area contributed by atoms with Gasteiger partial charge in [0.1, 0.15) is 11.5 Å². The second-order valence-corrected chi connectivity index (χ2v) is 5.49. The van der Waals surface area contributed by atoms with Gasteiger partial charge in [-0.1, -0.05) is 0 Å². The molecule has 2 N–H and O–H groups in total. The number of nitrogens with zero attached hydrogens (tertiary/aromatic N) is 1. The van der Waals surface area contributed by atoms with Crippen molar-refractivity contribution in [3.05, 3.63) is 48.0 Å². The van der Waals surface area contributed by atoms with Crippen LogP contribution in [0.2, 0.25) is 0 Å². The number of urea groups is 1. The van der Waals surface area contributed by atoms with Gasteiger partial charge in [-0.25, -0.2) is 4.79 Å². The number of amides is 3. The highest BCUT2D eigenvalue weighted by Crippen LogP contribution is 2.24. The van der Waals surface area contributed by atoms with Gasteiger partial charge in [-0.3, -0.25) is 9.69 Å². The van der Waals surface area contributed by atoms with E-state index in [4.69, 9.17) is 9.47 Å². The number of hydrogen-bond donors (Lipinski definition) is 2. The molecule has 2 aromatic carbocycles. The molecule has 0 spiro atoms. The zero-order valence-electron chi connectivity index (χ0n) is 14.0. The van der Waals surface area contributed by atoms with Crippen LogP contribution in [0.15, 0.2) is 42.5 Å². The van der Waals surface area contributed by atoms with Crippen LogP contribution in [0.5, 0.6) is 11.5 Å². The number of hydrogen-bond acceptors (Lipinski definition) is 4. The summed E-state index contributed by atoms with van der Waals surface area (Å²) in [6.45, 7) is 1.27. The number of carbonyl (C=O) groups is 2. The van der Waals surface area contributed by atoms with Gasteiger partial charge in [0.05, 0.1) is 14.2 Å². The first-order valence-electron chi connectivity index (χ1n) is 7.80. The Bertz CT molecular complexity index is 767. The molecule has 7 heteroatoms. The molecule has 0 unspecified atom stereocenters. The summed E-state index contributed by atoms with van der Waals surface area (Å²) >= 11 is 0. The van der Waals surface area contributed by atoms with Crippen LogP contribution in [0.1, 0.15) is 10.4 Å². The molecule has 0 radical (unpaired) electrons. The Morgan fingerprint density at radius 3 is 2.24 bits per heavy atom. The van der Waals surface area contributed by atoms with Crippen molar-refractivity contribution in [3.63, 3.8) is 0 Å². The predicted molar refractivity (Wildman–Crippen MR) is 94.7 cm³/mol. The van der Waals surface area contributed by atoms with Crippen molar-refractivity contribution in [2.75, 3.05) is 37.5 Å². The molecular formula is C18H19N3O4. The lowest BCUT2D eigenvalue weighted by molar-refractivity contribution is 0.102. The summed E-state index contributed by atoms with van der Waals surface area (Å²) in [4.78, 5) is 25.8. The van der Waals surface area contributed by atoms with Crippen molar-refractivity contribution in [1.82, 2.24) is 5.32 Å². The summed E-state index contributed by atoms with van der Waals surface area (Å²) < 4.78 is 10.4. The van der Waals surface area contributed by atoms with Crippen LogP contribution in [0.3, 0.4) is 0 Å². The summed E-state index contributed by atoms with van der Waals surface area (Å²) in [5.41, 5.74) is 1.85. The normalized spacial score (nSPS) is 13.4. The Labute approximate surface area is 145 Å². The van der Waals surface area contributed by atoms with E-state index in [1.165, 1.54) is 14.2 Å². The third-order valence-corrected chi connectivity index (χ3v) is 3.91. The van der Waals surface area contributed by atoms with Gasteiger partial charge in [0.25, 0.3) is 5.91 Å². The smallest absolute Gasteiger partial charge is 0.321 e. The van der Waals surface area contributed by atoms with E-state index in [9.17, 15) is 9.59 Å². The van der Waals surface area contributed by atoms with Crippen LogP contribution in [0.25, 0.3) is 0 Å². The van der Waals surface area contributed by atoms with Crippen molar-refractivity contribution in [2.45, 2.75) is 0 Å². The monoisotopic (exact) mass is 341 g/mol. The maximum atomic E-state index is 12.4. The van der Waals surface area contributed by atoms with E-state index in [1.807, 2.05) is 0 Å². The van der Waals surface area contributed by atoms with E-state index in [-0.39, 0.29) is 11.9 Å². The average molecular weight is 341 g/mol. The molecule has 0 bridgehead atoms. The molecule has 130 valence electrons. The molecule has 3 rings (SSSR count). The highest BCUT2D eigenvalue weighted by molar-refractivity contribution is 6.05. The molecule has 0 aromatic heterocycles. The van der Waals surface area contributed by atoms with Gasteiger partial charge in [-0.2, -0.15) is 0 Å². The van der Waals surface area contributed by atoms with Crippen molar-refractivity contribution in [2.24, 2.45) is 0 Å². The quantitative estimate of drug-likeness (QED) is 0.876. The van der Waals surface area contributed by atoms with Crippen LogP contribution in [0, 0.1) is 0 Å². The number of anilines is 2. The van der Waals surface area contributed by atoms with Crippen molar-refractivity contribution >= 4 is 23.3 Å². The molecule has 0 atom stereocenters. The minimum Gasteiger partial charge on any atom is -0.497 e. The molecule has 0 saturated carbocycles. The fraction of sp³-hybridized carbons (Fsp3) is 0.222. The van der Waals surface area contributed by atoms with Crippen LogP contribution in [-0.4, -0.2) is 39.2 Å². The highest BCUT2D eigenvalue weighted by Gasteiger charge is 2.20. The van der Waals surface area contributed by atoms with E-state index in [2.05, 4.69) is 10.6 Å². The molecule has 1 fully saturated rings. The maximum Gasteiger partial charge on any atom is 0.321 e. The number of rotatable bonds is 5. The molecule has 1 heterocycles. The van der Waals surface area contributed by atoms with Gasteiger partial charge in [0.2, 0.25) is 0 Å². The van der Waals surface area contributed by atoms with E-state index in [0.29, 0.717) is 35.8 Å². The summed E-state index contributed by atoms with van der Waals surface area (Å²) in [5, 5.41) is 5.57. The minimum absolute atomic E-state index is 0.111. The second-order valence-electron chi connectivity index (χ2n) is 5.49. The molecule has 1 aliphatic rings. The van der Waals surface area contributed by atoms with Gasteiger partial charge in [0.15, 0.2) is 0 Å². The van der Waals surface area contributed by atoms with Crippen LogP contribution < -0.4 is 25.0 Å². The third kappa shape index (κ3) is 3.65. The Morgan fingerprint density at radius 1 is 1.08 bits per heavy atom. The van der Waals surface area contributed by atoms with Gasteiger partial charge < -0.3 is 20.1 Å². The maximum absolute atomic E-state index is 12.4. The summed E-state index contributed by atoms with van der Waals surface area (Å²) in [7, 11) is 3.06. The molecular weight excluding hydrogens is 322 g/mol. The lowest BCUT2D eigenvalue weighted by Gasteiger charge is -2.15. The predicted octanol–water partition coefficient (Wildman–Crippen LogP) is 2.49. The first-order valence-corrected chi connectivity index (χ1v) is 7.80.